The van der Waals surface area contributed by atoms with Gasteiger partial charge in [-0.1, -0.05) is 34.1 Å². The number of aliphatic carboxylic acids is 1. The fraction of sp³-hybridized carbons (Fsp3) is 0.182. The van der Waals surface area contributed by atoms with E-state index in [9.17, 15) is 14.7 Å². The summed E-state index contributed by atoms with van der Waals surface area (Å²) in [6.07, 6.45) is 4.17. The van der Waals surface area contributed by atoms with Crippen molar-refractivity contribution in [2.45, 2.75) is 25.4 Å². The van der Waals surface area contributed by atoms with Crippen molar-refractivity contribution in [1.82, 2.24) is 14.9 Å². The summed E-state index contributed by atoms with van der Waals surface area (Å²) in [6.45, 7) is 0.483. The predicted molar refractivity (Wildman–Crippen MR) is 116 cm³/mol. The van der Waals surface area contributed by atoms with Gasteiger partial charge in [0.25, 0.3) is 0 Å². The molecule has 1 atom stereocenters. The molecule has 0 aliphatic heterocycles. The van der Waals surface area contributed by atoms with Crippen LogP contribution >= 0.6 is 15.9 Å². The highest BCUT2D eigenvalue weighted by Gasteiger charge is 2.21. The number of nitrogens with one attached hydrogen (secondary N) is 2. The number of aromatic nitrogens is 2. The Labute approximate surface area is 175 Å². The molecule has 2 heterocycles. The number of benzene rings is 2. The minimum atomic E-state index is -1.04. The molecule has 1 amide bonds. The number of aryl methyl sites for hydroxylation is 1. The number of H-pyrrole nitrogens is 1. The first-order valence-corrected chi connectivity index (χ1v) is 10.1. The maximum absolute atomic E-state index is 12.4. The molecule has 0 fully saturated rings. The summed E-state index contributed by atoms with van der Waals surface area (Å²) < 4.78 is 3.00. The van der Waals surface area contributed by atoms with Gasteiger partial charge in [-0.3, -0.25) is 4.79 Å². The van der Waals surface area contributed by atoms with Gasteiger partial charge in [-0.2, -0.15) is 0 Å². The van der Waals surface area contributed by atoms with Crippen molar-refractivity contribution in [1.29, 1.82) is 0 Å². The third kappa shape index (κ3) is 4.19. The SMILES string of the molecule is O=C(CCn1ccc2cc(Br)ccc21)N[C@@H](Cc1c[nH]c2ccccc12)C(=O)O. The van der Waals surface area contributed by atoms with E-state index in [4.69, 9.17) is 0 Å². The molecule has 2 aromatic carbocycles. The number of carboxylic acid groups (broad SMARTS) is 1. The number of nitrogens with zero attached hydrogens (tertiary/aromatic N) is 1. The molecule has 0 aliphatic carbocycles. The molecule has 4 aromatic rings. The Morgan fingerprint density at radius 2 is 2.00 bits per heavy atom. The number of fused-ring (bicyclic) bond motifs is 2. The predicted octanol–water partition coefficient (Wildman–Crippen LogP) is 4.09. The van der Waals surface area contributed by atoms with Crippen LogP contribution in [0.4, 0.5) is 0 Å². The van der Waals surface area contributed by atoms with Crippen LogP contribution in [0.5, 0.6) is 0 Å². The third-order valence-corrected chi connectivity index (χ3v) is 5.54. The second-order valence-electron chi connectivity index (χ2n) is 6.98. The van der Waals surface area contributed by atoms with E-state index in [0.717, 1.165) is 31.8 Å². The average Bonchev–Trinajstić information content (AvgIpc) is 3.29. The molecule has 7 heteroatoms. The fourth-order valence-electron chi connectivity index (χ4n) is 3.57. The lowest BCUT2D eigenvalue weighted by molar-refractivity contribution is -0.141. The Bertz CT molecular complexity index is 1190. The van der Waals surface area contributed by atoms with Gasteiger partial charge in [0.1, 0.15) is 6.04 Å². The second kappa shape index (κ2) is 8.13. The summed E-state index contributed by atoms with van der Waals surface area (Å²) >= 11 is 3.45. The number of rotatable bonds is 7. The minimum absolute atomic E-state index is 0.206. The van der Waals surface area contributed by atoms with Gasteiger partial charge in [-0.15, -0.1) is 0 Å². The molecule has 29 heavy (non-hydrogen) atoms. The van der Waals surface area contributed by atoms with E-state index in [2.05, 4.69) is 26.2 Å². The Morgan fingerprint density at radius 1 is 1.17 bits per heavy atom. The van der Waals surface area contributed by atoms with E-state index in [0.29, 0.717) is 6.54 Å². The first-order chi connectivity index (χ1) is 14.0. The largest absolute Gasteiger partial charge is 0.480 e. The van der Waals surface area contributed by atoms with Gasteiger partial charge in [0.2, 0.25) is 5.91 Å². The summed E-state index contributed by atoms with van der Waals surface area (Å²) in [5, 5.41) is 14.3. The van der Waals surface area contributed by atoms with Crippen LogP contribution in [-0.2, 0) is 22.6 Å². The van der Waals surface area contributed by atoms with E-state index in [1.54, 1.807) is 6.20 Å². The normalized spacial score (nSPS) is 12.3. The smallest absolute Gasteiger partial charge is 0.326 e. The minimum Gasteiger partial charge on any atom is -0.480 e. The number of carboxylic acids is 1. The molecule has 0 spiro atoms. The van der Waals surface area contributed by atoms with E-state index in [-0.39, 0.29) is 18.7 Å². The molecular weight excluding hydrogens is 434 g/mol. The Hall–Kier alpha value is -3.06. The summed E-state index contributed by atoms with van der Waals surface area (Å²) in [5.74, 6) is -1.32. The zero-order chi connectivity index (χ0) is 20.4. The monoisotopic (exact) mass is 453 g/mol. The number of carbonyl (C=O) groups is 2. The van der Waals surface area contributed by atoms with Gasteiger partial charge < -0.3 is 20.0 Å². The van der Waals surface area contributed by atoms with Gasteiger partial charge in [-0.05, 0) is 35.9 Å². The van der Waals surface area contributed by atoms with Crippen molar-refractivity contribution >= 4 is 49.6 Å². The van der Waals surface area contributed by atoms with Gasteiger partial charge in [-0.25, -0.2) is 4.79 Å². The van der Waals surface area contributed by atoms with E-state index < -0.39 is 12.0 Å². The van der Waals surface area contributed by atoms with Crippen LogP contribution in [0.25, 0.3) is 21.8 Å². The first kappa shape index (κ1) is 19.3. The fourth-order valence-corrected chi connectivity index (χ4v) is 3.95. The molecular formula is C22H20BrN3O3. The number of para-hydroxylation sites is 1. The first-order valence-electron chi connectivity index (χ1n) is 9.33. The number of aromatic amines is 1. The van der Waals surface area contributed by atoms with Crippen LogP contribution in [0, 0.1) is 0 Å². The lowest BCUT2D eigenvalue weighted by atomic mass is 10.0. The maximum atomic E-state index is 12.4. The zero-order valence-corrected chi connectivity index (χ0v) is 17.1. The molecule has 4 rings (SSSR count). The molecule has 0 saturated heterocycles. The Balaban J connectivity index is 1.41. The van der Waals surface area contributed by atoms with E-state index in [1.807, 2.05) is 59.3 Å². The van der Waals surface area contributed by atoms with Gasteiger partial charge in [0, 0.05) is 58.1 Å². The highest BCUT2D eigenvalue weighted by atomic mass is 79.9. The molecule has 148 valence electrons. The van der Waals surface area contributed by atoms with Crippen LogP contribution in [0.3, 0.4) is 0 Å². The van der Waals surface area contributed by atoms with E-state index >= 15 is 0 Å². The summed E-state index contributed by atoms with van der Waals surface area (Å²) in [7, 11) is 0. The Kier molecular flexibility index (Phi) is 5.40. The number of hydrogen-bond acceptors (Lipinski definition) is 2. The third-order valence-electron chi connectivity index (χ3n) is 5.05. The summed E-state index contributed by atoms with van der Waals surface area (Å²) in [4.78, 5) is 27.3. The number of hydrogen-bond donors (Lipinski definition) is 3. The summed E-state index contributed by atoms with van der Waals surface area (Å²) in [6, 6.07) is 14.7. The number of amides is 1. The lowest BCUT2D eigenvalue weighted by Gasteiger charge is -2.15. The second-order valence-corrected chi connectivity index (χ2v) is 7.90. The molecule has 0 bridgehead atoms. The molecule has 0 radical (unpaired) electrons. The van der Waals surface area contributed by atoms with Crippen molar-refractivity contribution in [2.24, 2.45) is 0 Å². The number of halogens is 1. The summed E-state index contributed by atoms with van der Waals surface area (Å²) in [5.41, 5.74) is 2.86. The quantitative estimate of drug-likeness (QED) is 0.393. The standard InChI is InChI=1S/C22H20BrN3O3/c23-16-5-6-20-14(11-16)7-9-26(20)10-8-21(27)25-19(22(28)29)12-15-13-24-18-4-2-1-3-17(15)18/h1-7,9,11,13,19,24H,8,10,12H2,(H,25,27)(H,28,29)/t19-/m0/s1. The Morgan fingerprint density at radius 3 is 2.83 bits per heavy atom. The van der Waals surface area contributed by atoms with Crippen LogP contribution in [0.1, 0.15) is 12.0 Å². The van der Waals surface area contributed by atoms with Crippen LogP contribution in [0.15, 0.2) is 65.4 Å². The highest BCUT2D eigenvalue weighted by molar-refractivity contribution is 9.10. The van der Waals surface area contributed by atoms with Gasteiger partial charge in [0.15, 0.2) is 0 Å². The van der Waals surface area contributed by atoms with Crippen molar-refractivity contribution in [3.63, 3.8) is 0 Å². The molecule has 0 saturated carbocycles. The van der Waals surface area contributed by atoms with Gasteiger partial charge >= 0.3 is 5.97 Å². The molecule has 0 aliphatic rings. The molecule has 6 nitrogen and oxygen atoms in total. The zero-order valence-electron chi connectivity index (χ0n) is 15.6. The average molecular weight is 454 g/mol. The van der Waals surface area contributed by atoms with Crippen molar-refractivity contribution in [3.05, 3.63) is 71.0 Å². The van der Waals surface area contributed by atoms with Crippen LogP contribution in [0.2, 0.25) is 0 Å². The van der Waals surface area contributed by atoms with E-state index in [1.165, 1.54) is 0 Å². The number of carbonyl (C=O) groups excluding carboxylic acids is 1. The van der Waals surface area contributed by atoms with Crippen LogP contribution in [-0.4, -0.2) is 32.6 Å². The van der Waals surface area contributed by atoms with Gasteiger partial charge in [0.05, 0.1) is 0 Å². The van der Waals surface area contributed by atoms with Crippen LogP contribution < -0.4 is 5.32 Å². The van der Waals surface area contributed by atoms with Crippen molar-refractivity contribution in [2.75, 3.05) is 0 Å². The molecule has 2 aromatic heterocycles. The lowest BCUT2D eigenvalue weighted by Crippen LogP contribution is -2.42. The van der Waals surface area contributed by atoms with Crippen molar-refractivity contribution in [3.8, 4) is 0 Å². The molecule has 3 N–H and O–H groups in total. The topological polar surface area (TPSA) is 87.1 Å². The molecule has 0 unspecified atom stereocenters. The van der Waals surface area contributed by atoms with Crippen molar-refractivity contribution < 1.29 is 14.7 Å². The maximum Gasteiger partial charge on any atom is 0.326 e. The highest BCUT2D eigenvalue weighted by Crippen LogP contribution is 2.21.